The third-order valence-corrected chi connectivity index (χ3v) is 5.01. The third-order valence-electron chi connectivity index (χ3n) is 4.60. The van der Waals surface area contributed by atoms with E-state index in [2.05, 4.69) is 35.7 Å². The highest BCUT2D eigenvalue weighted by Gasteiger charge is 2.24. The summed E-state index contributed by atoms with van der Waals surface area (Å²) in [6.45, 7) is 2.36. The number of nitriles is 1. The van der Waals surface area contributed by atoms with Gasteiger partial charge in [-0.2, -0.15) is 5.26 Å². The average Bonchev–Trinajstić information content (AvgIpc) is 2.64. The molecule has 3 rings (SSSR count). The number of hydrogen-bond donors (Lipinski definition) is 0. The molecule has 5 nitrogen and oxygen atoms in total. The molecule has 1 aliphatic heterocycles. The zero-order valence-corrected chi connectivity index (χ0v) is 15.6. The number of anilines is 1. The quantitative estimate of drug-likeness (QED) is 0.783. The van der Waals surface area contributed by atoms with E-state index in [1.807, 2.05) is 13.1 Å². The fraction of sp³-hybridized carbons (Fsp3) is 0.389. The van der Waals surface area contributed by atoms with Crippen LogP contribution in [0.4, 0.5) is 10.3 Å². The Balaban J connectivity index is 1.57. The lowest BCUT2D eigenvalue weighted by Crippen LogP contribution is -2.43. The number of aromatic nitrogens is 2. The van der Waals surface area contributed by atoms with Crippen molar-refractivity contribution in [2.45, 2.75) is 25.4 Å². The van der Waals surface area contributed by atoms with Crippen LogP contribution in [-0.2, 0) is 6.54 Å². The first kappa shape index (κ1) is 17.8. The van der Waals surface area contributed by atoms with Crippen molar-refractivity contribution < 1.29 is 4.39 Å². The monoisotopic (exact) mass is 403 g/mol. The second-order valence-corrected chi connectivity index (χ2v) is 7.15. The second kappa shape index (κ2) is 7.89. The second-order valence-electron chi connectivity index (χ2n) is 6.24. The molecule has 1 aliphatic rings. The Morgan fingerprint density at radius 1 is 1.32 bits per heavy atom. The Bertz CT molecular complexity index is 766. The van der Waals surface area contributed by atoms with Crippen LogP contribution in [0.3, 0.4) is 0 Å². The standard InChI is InChI=1S/C18H19BrFN5/c1-24(18-22-10-15(19)11-23-18)16-4-6-25(7-5-16)12-14-3-2-13(9-21)8-17(14)20/h2-3,8,10-11,16H,4-7,12H2,1H3. The number of nitrogens with zero attached hydrogens (tertiary/aromatic N) is 5. The van der Waals surface area contributed by atoms with Gasteiger partial charge in [-0.1, -0.05) is 6.07 Å². The molecular formula is C18H19BrFN5. The molecule has 0 radical (unpaired) electrons. The Morgan fingerprint density at radius 2 is 2.00 bits per heavy atom. The highest BCUT2D eigenvalue weighted by atomic mass is 79.9. The van der Waals surface area contributed by atoms with E-state index in [1.165, 1.54) is 6.07 Å². The summed E-state index contributed by atoms with van der Waals surface area (Å²) in [6, 6.07) is 7.03. The molecule has 0 atom stereocenters. The molecule has 0 N–H and O–H groups in total. The first-order valence-electron chi connectivity index (χ1n) is 8.18. The minimum atomic E-state index is -0.304. The van der Waals surface area contributed by atoms with Gasteiger partial charge in [0.05, 0.1) is 16.1 Å². The Hall–Kier alpha value is -2.04. The molecule has 1 saturated heterocycles. The summed E-state index contributed by atoms with van der Waals surface area (Å²) in [7, 11) is 2.02. The summed E-state index contributed by atoms with van der Waals surface area (Å²) in [4.78, 5) is 13.1. The third kappa shape index (κ3) is 4.33. The lowest BCUT2D eigenvalue weighted by molar-refractivity contribution is 0.200. The van der Waals surface area contributed by atoms with Crippen LogP contribution >= 0.6 is 15.9 Å². The summed E-state index contributed by atoms with van der Waals surface area (Å²) >= 11 is 3.35. The van der Waals surface area contributed by atoms with Crippen molar-refractivity contribution in [3.8, 4) is 6.07 Å². The number of likely N-dealkylation sites (tertiary alicyclic amines) is 1. The van der Waals surface area contributed by atoms with Gasteiger partial charge in [0, 0.05) is 50.7 Å². The predicted octanol–water partition coefficient (Wildman–Crippen LogP) is 3.35. The van der Waals surface area contributed by atoms with Crippen molar-refractivity contribution in [1.29, 1.82) is 5.26 Å². The van der Waals surface area contributed by atoms with Gasteiger partial charge in [-0.25, -0.2) is 14.4 Å². The van der Waals surface area contributed by atoms with Gasteiger partial charge in [0.25, 0.3) is 0 Å². The predicted molar refractivity (Wildman–Crippen MR) is 97.5 cm³/mol. The van der Waals surface area contributed by atoms with Gasteiger partial charge in [0.2, 0.25) is 5.95 Å². The minimum Gasteiger partial charge on any atom is -0.341 e. The first-order chi connectivity index (χ1) is 12.1. The fourth-order valence-corrected chi connectivity index (χ4v) is 3.31. The number of halogens is 2. The molecule has 1 aromatic heterocycles. The summed E-state index contributed by atoms with van der Waals surface area (Å²) in [5.74, 6) is 0.418. The molecule has 2 aromatic rings. The van der Waals surface area contributed by atoms with Crippen LogP contribution < -0.4 is 4.90 Å². The molecule has 1 fully saturated rings. The number of hydrogen-bond acceptors (Lipinski definition) is 5. The van der Waals surface area contributed by atoms with Crippen molar-refractivity contribution in [3.05, 3.63) is 52.0 Å². The SMILES string of the molecule is CN(c1ncc(Br)cn1)C1CCN(Cc2ccc(C#N)cc2F)CC1. The molecule has 0 spiro atoms. The van der Waals surface area contributed by atoms with Gasteiger partial charge in [0.15, 0.2) is 0 Å². The maximum Gasteiger partial charge on any atom is 0.225 e. The van der Waals surface area contributed by atoms with E-state index in [-0.39, 0.29) is 5.82 Å². The van der Waals surface area contributed by atoms with Crippen molar-refractivity contribution >= 4 is 21.9 Å². The molecule has 0 aliphatic carbocycles. The van der Waals surface area contributed by atoms with E-state index in [4.69, 9.17) is 5.26 Å². The van der Waals surface area contributed by atoms with E-state index >= 15 is 0 Å². The normalized spacial score (nSPS) is 15.8. The van der Waals surface area contributed by atoms with Crippen LogP contribution in [-0.4, -0.2) is 41.0 Å². The lowest BCUT2D eigenvalue weighted by atomic mass is 10.0. The molecule has 0 bridgehead atoms. The van der Waals surface area contributed by atoms with Gasteiger partial charge in [0.1, 0.15) is 5.82 Å². The Labute approximate surface area is 155 Å². The summed E-state index contributed by atoms with van der Waals surface area (Å²) in [5, 5.41) is 8.82. The maximum absolute atomic E-state index is 14.0. The smallest absolute Gasteiger partial charge is 0.225 e. The van der Waals surface area contributed by atoms with E-state index in [1.54, 1.807) is 24.5 Å². The maximum atomic E-state index is 14.0. The molecule has 0 amide bonds. The topological polar surface area (TPSA) is 56.1 Å². The van der Waals surface area contributed by atoms with Crippen molar-refractivity contribution in [3.63, 3.8) is 0 Å². The molecule has 25 heavy (non-hydrogen) atoms. The number of rotatable bonds is 4. The van der Waals surface area contributed by atoms with Crippen molar-refractivity contribution in [2.24, 2.45) is 0 Å². The molecular weight excluding hydrogens is 385 g/mol. The molecule has 0 unspecified atom stereocenters. The molecule has 7 heteroatoms. The van der Waals surface area contributed by atoms with Crippen LogP contribution in [0.2, 0.25) is 0 Å². The highest BCUT2D eigenvalue weighted by molar-refractivity contribution is 9.10. The van der Waals surface area contributed by atoms with Crippen LogP contribution in [0.1, 0.15) is 24.0 Å². The van der Waals surface area contributed by atoms with Crippen LogP contribution in [0.15, 0.2) is 35.1 Å². The first-order valence-corrected chi connectivity index (χ1v) is 8.97. The van der Waals surface area contributed by atoms with Gasteiger partial charge < -0.3 is 4.90 Å². The summed E-state index contributed by atoms with van der Waals surface area (Å²) in [5.41, 5.74) is 0.998. The van der Waals surface area contributed by atoms with Gasteiger partial charge >= 0.3 is 0 Å². The molecule has 1 aromatic carbocycles. The fourth-order valence-electron chi connectivity index (χ4n) is 3.10. The van der Waals surface area contributed by atoms with Crippen molar-refractivity contribution in [2.75, 3.05) is 25.0 Å². The molecule has 2 heterocycles. The van der Waals surface area contributed by atoms with Gasteiger partial charge in [-0.3, -0.25) is 4.90 Å². The van der Waals surface area contributed by atoms with Crippen LogP contribution in [0.5, 0.6) is 0 Å². The minimum absolute atomic E-state index is 0.304. The van der Waals surface area contributed by atoms with Gasteiger partial charge in [-0.05, 0) is 40.9 Å². The van der Waals surface area contributed by atoms with E-state index in [9.17, 15) is 4.39 Å². The zero-order valence-electron chi connectivity index (χ0n) is 14.0. The highest BCUT2D eigenvalue weighted by Crippen LogP contribution is 2.22. The average molecular weight is 404 g/mol. The van der Waals surface area contributed by atoms with E-state index < -0.39 is 0 Å². The summed E-state index contributed by atoms with van der Waals surface area (Å²) < 4.78 is 14.9. The number of benzene rings is 1. The largest absolute Gasteiger partial charge is 0.341 e. The number of piperidine rings is 1. The Kier molecular flexibility index (Phi) is 5.61. The Morgan fingerprint density at radius 3 is 2.60 bits per heavy atom. The lowest BCUT2D eigenvalue weighted by Gasteiger charge is -2.36. The van der Waals surface area contributed by atoms with E-state index in [0.717, 1.165) is 36.4 Å². The van der Waals surface area contributed by atoms with E-state index in [0.29, 0.717) is 23.7 Å². The molecule has 130 valence electrons. The van der Waals surface area contributed by atoms with Crippen LogP contribution in [0, 0.1) is 17.1 Å². The summed E-state index contributed by atoms with van der Waals surface area (Å²) in [6.07, 6.45) is 5.46. The zero-order chi connectivity index (χ0) is 17.8. The van der Waals surface area contributed by atoms with Gasteiger partial charge in [-0.15, -0.1) is 0 Å². The molecule has 0 saturated carbocycles. The van der Waals surface area contributed by atoms with Crippen LogP contribution in [0.25, 0.3) is 0 Å². The van der Waals surface area contributed by atoms with Crippen molar-refractivity contribution in [1.82, 2.24) is 14.9 Å².